The molecule has 11 heavy (non-hydrogen) atoms. The van der Waals surface area contributed by atoms with Gasteiger partial charge in [-0.25, -0.2) is 0 Å². The molecule has 0 aliphatic heterocycles. The summed E-state index contributed by atoms with van der Waals surface area (Å²) < 4.78 is 0. The van der Waals surface area contributed by atoms with Crippen LogP contribution in [0.2, 0.25) is 0 Å². The number of unbranched alkanes of at least 4 members (excludes halogenated alkanes) is 3. The van der Waals surface area contributed by atoms with E-state index in [0.717, 1.165) is 12.0 Å². The second-order valence-electron chi connectivity index (χ2n) is 2.78. The predicted octanol–water partition coefficient (Wildman–Crippen LogP) is 3.35. The van der Waals surface area contributed by atoms with Crippen LogP contribution in [0.5, 0.6) is 0 Å². The second-order valence-corrected chi connectivity index (χ2v) is 2.78. The molecule has 0 saturated heterocycles. The first-order chi connectivity index (χ1) is 5.31. The maximum absolute atomic E-state index is 5.09. The van der Waals surface area contributed by atoms with E-state index in [1.54, 1.807) is 6.42 Å². The molecule has 0 aliphatic rings. The zero-order valence-electron chi connectivity index (χ0n) is 7.40. The second kappa shape index (κ2) is 7.41. The fourth-order valence-corrected chi connectivity index (χ4v) is 0.969. The van der Waals surface area contributed by atoms with Gasteiger partial charge in [0.2, 0.25) is 0 Å². The standard InChI is InChI=1S/C11H17/c1-4-6-7-8-10-11(3)9-5-2/h2,9H,3-4,6-8,10H2,1H3. The Labute approximate surface area is 70.7 Å². The highest BCUT2D eigenvalue weighted by atomic mass is 14.0. The van der Waals surface area contributed by atoms with E-state index in [0.29, 0.717) is 0 Å². The molecule has 0 bridgehead atoms. The lowest BCUT2D eigenvalue weighted by atomic mass is 10.1. The average molecular weight is 149 g/mol. The van der Waals surface area contributed by atoms with Crippen molar-refractivity contribution in [2.24, 2.45) is 0 Å². The van der Waals surface area contributed by atoms with Gasteiger partial charge in [0, 0.05) is 0 Å². The number of allylic oxidation sites excluding steroid dienone is 1. The smallest absolute Gasteiger partial charge is 0.0582 e. The summed E-state index contributed by atoms with van der Waals surface area (Å²) in [4.78, 5) is 0. The van der Waals surface area contributed by atoms with Crippen molar-refractivity contribution >= 4 is 0 Å². The van der Waals surface area contributed by atoms with Crippen LogP contribution < -0.4 is 0 Å². The van der Waals surface area contributed by atoms with Crippen molar-refractivity contribution in [2.45, 2.75) is 39.0 Å². The quantitative estimate of drug-likeness (QED) is 0.401. The van der Waals surface area contributed by atoms with Crippen LogP contribution in [0.4, 0.5) is 0 Å². The summed E-state index contributed by atoms with van der Waals surface area (Å²) >= 11 is 0. The molecule has 0 amide bonds. The number of rotatable bonds is 6. The Morgan fingerprint density at radius 2 is 2.18 bits per heavy atom. The van der Waals surface area contributed by atoms with Crippen molar-refractivity contribution in [3.05, 3.63) is 18.6 Å². The summed E-state index contributed by atoms with van der Waals surface area (Å²) in [5.41, 5.74) is 1.09. The van der Waals surface area contributed by atoms with E-state index in [1.807, 2.05) is 0 Å². The monoisotopic (exact) mass is 149 g/mol. The van der Waals surface area contributed by atoms with Crippen LogP contribution in [-0.4, -0.2) is 0 Å². The molecular weight excluding hydrogens is 132 g/mol. The van der Waals surface area contributed by atoms with Crippen molar-refractivity contribution in [3.8, 4) is 12.3 Å². The maximum atomic E-state index is 5.09. The first-order valence-electron chi connectivity index (χ1n) is 4.28. The van der Waals surface area contributed by atoms with Crippen molar-refractivity contribution in [1.29, 1.82) is 0 Å². The van der Waals surface area contributed by atoms with Gasteiger partial charge in [-0.3, -0.25) is 0 Å². The molecule has 0 atom stereocenters. The van der Waals surface area contributed by atoms with E-state index >= 15 is 0 Å². The molecule has 0 aromatic carbocycles. The molecule has 0 saturated carbocycles. The third kappa shape index (κ3) is 7.19. The summed E-state index contributed by atoms with van der Waals surface area (Å²) in [6.45, 7) is 6.05. The van der Waals surface area contributed by atoms with Crippen LogP contribution >= 0.6 is 0 Å². The van der Waals surface area contributed by atoms with Crippen molar-refractivity contribution in [1.82, 2.24) is 0 Å². The Balaban J connectivity index is 3.12. The lowest BCUT2D eigenvalue weighted by Crippen LogP contribution is -1.82. The van der Waals surface area contributed by atoms with Crippen LogP contribution in [0.25, 0.3) is 0 Å². The molecule has 0 fully saturated rings. The molecule has 0 heterocycles. The van der Waals surface area contributed by atoms with Crippen LogP contribution in [0.15, 0.2) is 12.2 Å². The van der Waals surface area contributed by atoms with E-state index < -0.39 is 0 Å². The maximum Gasteiger partial charge on any atom is 0.0582 e. The fraction of sp³-hybridized carbons (Fsp3) is 0.545. The molecule has 0 aliphatic carbocycles. The van der Waals surface area contributed by atoms with Gasteiger partial charge in [-0.15, -0.1) is 6.42 Å². The zero-order chi connectivity index (χ0) is 8.53. The molecule has 0 nitrogen and oxygen atoms in total. The van der Waals surface area contributed by atoms with Gasteiger partial charge in [-0.2, -0.15) is 0 Å². The largest absolute Gasteiger partial charge is 0.119 e. The van der Waals surface area contributed by atoms with Crippen LogP contribution in [0.1, 0.15) is 39.0 Å². The van der Waals surface area contributed by atoms with Gasteiger partial charge >= 0.3 is 0 Å². The lowest BCUT2D eigenvalue weighted by molar-refractivity contribution is 0.667. The molecule has 0 rings (SSSR count). The number of terminal acetylenes is 1. The van der Waals surface area contributed by atoms with Crippen LogP contribution in [0, 0.1) is 18.8 Å². The third-order valence-corrected chi connectivity index (χ3v) is 1.64. The van der Waals surface area contributed by atoms with Gasteiger partial charge < -0.3 is 0 Å². The van der Waals surface area contributed by atoms with Gasteiger partial charge in [0.15, 0.2) is 0 Å². The van der Waals surface area contributed by atoms with E-state index in [9.17, 15) is 0 Å². The van der Waals surface area contributed by atoms with Crippen molar-refractivity contribution in [3.63, 3.8) is 0 Å². The predicted molar refractivity (Wildman–Crippen MR) is 51.0 cm³/mol. The number of hydrogen-bond donors (Lipinski definition) is 0. The third-order valence-electron chi connectivity index (χ3n) is 1.64. The molecule has 0 unspecified atom stereocenters. The Hall–Kier alpha value is -0.700. The number of hydrogen-bond acceptors (Lipinski definition) is 0. The van der Waals surface area contributed by atoms with E-state index in [4.69, 9.17) is 6.42 Å². The molecule has 0 spiro atoms. The highest BCUT2D eigenvalue weighted by Gasteiger charge is 1.92. The van der Waals surface area contributed by atoms with Crippen molar-refractivity contribution in [2.75, 3.05) is 0 Å². The van der Waals surface area contributed by atoms with E-state index in [-0.39, 0.29) is 0 Å². The van der Waals surface area contributed by atoms with E-state index in [1.165, 1.54) is 25.7 Å². The molecule has 0 aromatic heterocycles. The molecule has 1 radical (unpaired) electrons. The molecule has 61 valence electrons. The molecular formula is C11H17. The van der Waals surface area contributed by atoms with Gasteiger partial charge in [0.1, 0.15) is 0 Å². The first-order valence-corrected chi connectivity index (χ1v) is 4.28. The summed E-state index contributed by atoms with van der Waals surface area (Å²) in [7, 11) is 0. The molecule has 0 heteroatoms. The minimum atomic E-state index is 1.06. The topological polar surface area (TPSA) is 0 Å². The van der Waals surface area contributed by atoms with Crippen LogP contribution in [-0.2, 0) is 0 Å². The summed E-state index contributed by atoms with van der Waals surface area (Å²) in [6.07, 6.45) is 13.0. The van der Waals surface area contributed by atoms with Gasteiger partial charge in [-0.05, 0) is 12.8 Å². The zero-order valence-corrected chi connectivity index (χ0v) is 7.40. The highest BCUT2D eigenvalue weighted by Crippen LogP contribution is 2.09. The summed E-state index contributed by atoms with van der Waals surface area (Å²) in [5.74, 6) is 2.48. The van der Waals surface area contributed by atoms with Gasteiger partial charge in [0.05, 0.1) is 6.42 Å². The lowest BCUT2D eigenvalue weighted by Gasteiger charge is -1.99. The Kier molecular flexibility index (Phi) is 6.94. The van der Waals surface area contributed by atoms with Crippen molar-refractivity contribution < 1.29 is 0 Å². The summed E-state index contributed by atoms with van der Waals surface area (Å²) in [6, 6.07) is 0. The highest BCUT2D eigenvalue weighted by molar-refractivity contribution is 5.22. The minimum Gasteiger partial charge on any atom is -0.119 e. The normalized spacial score (nSPS) is 9.09. The molecule has 0 aromatic rings. The SMILES string of the molecule is C#C[CH]C(=C)CCCCCC. The first kappa shape index (κ1) is 10.3. The molecule has 0 N–H and O–H groups in total. The Morgan fingerprint density at radius 3 is 2.73 bits per heavy atom. The Morgan fingerprint density at radius 1 is 1.45 bits per heavy atom. The van der Waals surface area contributed by atoms with Gasteiger partial charge in [0.25, 0.3) is 0 Å². The van der Waals surface area contributed by atoms with Gasteiger partial charge in [-0.1, -0.05) is 44.3 Å². The average Bonchev–Trinajstić information content (AvgIpc) is 1.99. The Bertz CT molecular complexity index is 137. The van der Waals surface area contributed by atoms with Crippen LogP contribution in [0.3, 0.4) is 0 Å². The minimum absolute atomic E-state index is 1.06. The fourth-order valence-electron chi connectivity index (χ4n) is 0.969. The van der Waals surface area contributed by atoms with E-state index in [2.05, 4.69) is 19.4 Å². The summed E-state index contributed by atoms with van der Waals surface area (Å²) in [5, 5.41) is 0.